The highest BCUT2D eigenvalue weighted by Crippen LogP contribution is 2.53. The number of hydrogen-bond acceptors (Lipinski definition) is 4. The van der Waals surface area contributed by atoms with Gasteiger partial charge in [-0.15, -0.1) is 0 Å². The number of rotatable bonds is 6. The van der Waals surface area contributed by atoms with Gasteiger partial charge in [0, 0.05) is 23.8 Å². The van der Waals surface area contributed by atoms with Crippen LogP contribution in [0.15, 0.2) is 91.0 Å². The van der Waals surface area contributed by atoms with Crippen LogP contribution in [0.25, 0.3) is 0 Å². The fourth-order valence-corrected chi connectivity index (χ4v) is 5.35. The van der Waals surface area contributed by atoms with Crippen molar-refractivity contribution in [3.63, 3.8) is 0 Å². The average Bonchev–Trinajstić information content (AvgIpc) is 3.07. The summed E-state index contributed by atoms with van der Waals surface area (Å²) in [6, 6.07) is 30.5. The Balaban J connectivity index is 1.43. The topological polar surface area (TPSA) is 56.5 Å². The number of benzene rings is 4. The van der Waals surface area contributed by atoms with Crippen molar-refractivity contribution in [2.45, 2.75) is 38.0 Å². The molecule has 0 amide bonds. The second-order valence-corrected chi connectivity index (χ2v) is 10.2. The minimum atomic E-state index is -0.133. The number of hydrogen-bond donors (Lipinski definition) is 2. The molecule has 1 aliphatic carbocycles. The number of ether oxygens (including phenoxy) is 2. The lowest BCUT2D eigenvalue weighted by Crippen LogP contribution is -2.23. The van der Waals surface area contributed by atoms with E-state index in [1.165, 1.54) is 16.7 Å². The summed E-state index contributed by atoms with van der Waals surface area (Å²) in [7, 11) is 1.91. The molecule has 0 saturated carbocycles. The van der Waals surface area contributed by atoms with Crippen LogP contribution >= 0.6 is 0 Å². The van der Waals surface area contributed by atoms with E-state index in [1.807, 2.05) is 55.6 Å². The van der Waals surface area contributed by atoms with Crippen molar-refractivity contribution in [3.8, 4) is 23.0 Å². The van der Waals surface area contributed by atoms with Crippen molar-refractivity contribution >= 4 is 11.4 Å². The van der Waals surface area contributed by atoms with Gasteiger partial charge in [-0.2, -0.15) is 0 Å². The van der Waals surface area contributed by atoms with E-state index in [4.69, 9.17) is 15.2 Å². The molecular weight excluding hydrogens is 432 g/mol. The molecule has 178 valence electrons. The molecule has 0 heterocycles. The molecule has 4 aromatic rings. The minimum Gasteiger partial charge on any atom is -0.457 e. The molecule has 4 heteroatoms. The Morgan fingerprint density at radius 1 is 0.657 bits per heavy atom. The number of nitrogens with two attached hydrogens (primary N) is 1. The van der Waals surface area contributed by atoms with Gasteiger partial charge in [-0.05, 0) is 101 Å². The molecule has 1 aliphatic rings. The zero-order chi connectivity index (χ0) is 24.6. The smallest absolute Gasteiger partial charge is 0.127 e. The van der Waals surface area contributed by atoms with Crippen LogP contribution in [0.3, 0.4) is 0 Å². The molecule has 0 saturated heterocycles. The Morgan fingerprint density at radius 2 is 1.17 bits per heavy atom. The second-order valence-electron chi connectivity index (χ2n) is 10.2. The lowest BCUT2D eigenvalue weighted by atomic mass is 9.75. The SMILES string of the molecule is CNc1ccc(Oc2ccc(C3(C)CC(C)(C)c4ccc(Oc5ccc(N)cc5)cc43)cc2)cc1. The standard InChI is InChI=1S/C31H32N2O2/c1-30(2)20-31(3,21-5-11-24(12-6-21)34-26-15-9-23(33-4)10-16-26)29-19-27(17-18-28(29)30)35-25-13-7-22(32)8-14-25/h5-19,33H,20,32H2,1-4H3. The van der Waals surface area contributed by atoms with Gasteiger partial charge in [-0.25, -0.2) is 0 Å². The van der Waals surface area contributed by atoms with E-state index in [0.717, 1.165) is 40.8 Å². The van der Waals surface area contributed by atoms with Crippen LogP contribution in [0.1, 0.15) is 43.9 Å². The molecule has 0 fully saturated rings. The zero-order valence-corrected chi connectivity index (χ0v) is 20.8. The molecule has 4 aromatic carbocycles. The fourth-order valence-electron chi connectivity index (χ4n) is 5.35. The van der Waals surface area contributed by atoms with Gasteiger partial charge in [0.1, 0.15) is 23.0 Å². The maximum Gasteiger partial charge on any atom is 0.127 e. The van der Waals surface area contributed by atoms with E-state index in [0.29, 0.717) is 0 Å². The predicted molar refractivity (Wildman–Crippen MR) is 144 cm³/mol. The van der Waals surface area contributed by atoms with Crippen molar-refractivity contribution in [1.82, 2.24) is 0 Å². The maximum absolute atomic E-state index is 6.18. The molecule has 5 rings (SSSR count). The van der Waals surface area contributed by atoms with E-state index in [2.05, 4.69) is 68.6 Å². The molecule has 1 unspecified atom stereocenters. The van der Waals surface area contributed by atoms with Crippen molar-refractivity contribution in [3.05, 3.63) is 108 Å². The third-order valence-electron chi connectivity index (χ3n) is 7.10. The Labute approximate surface area is 207 Å². The van der Waals surface area contributed by atoms with E-state index in [1.54, 1.807) is 0 Å². The molecule has 0 aliphatic heterocycles. The maximum atomic E-state index is 6.18. The van der Waals surface area contributed by atoms with Crippen molar-refractivity contribution < 1.29 is 9.47 Å². The van der Waals surface area contributed by atoms with Gasteiger partial charge in [0.15, 0.2) is 0 Å². The van der Waals surface area contributed by atoms with Gasteiger partial charge in [0.25, 0.3) is 0 Å². The highest BCUT2D eigenvalue weighted by Gasteiger charge is 2.45. The van der Waals surface area contributed by atoms with Crippen LogP contribution in [-0.2, 0) is 10.8 Å². The first-order valence-corrected chi connectivity index (χ1v) is 12.0. The Morgan fingerprint density at radius 3 is 1.77 bits per heavy atom. The van der Waals surface area contributed by atoms with Crippen LogP contribution in [-0.4, -0.2) is 7.05 Å². The Kier molecular flexibility index (Phi) is 5.68. The summed E-state index contributed by atoms with van der Waals surface area (Å²) >= 11 is 0. The van der Waals surface area contributed by atoms with E-state index in [-0.39, 0.29) is 10.8 Å². The normalized spacial score (nSPS) is 18.1. The van der Waals surface area contributed by atoms with Crippen molar-refractivity contribution in [2.75, 3.05) is 18.1 Å². The second kappa shape index (κ2) is 8.70. The summed E-state index contributed by atoms with van der Waals surface area (Å²) in [5.74, 6) is 3.26. The Bertz CT molecular complexity index is 1330. The Hall–Kier alpha value is -3.92. The molecule has 0 bridgehead atoms. The number of anilines is 2. The van der Waals surface area contributed by atoms with Gasteiger partial charge in [0.2, 0.25) is 0 Å². The molecular formula is C31H32N2O2. The fraction of sp³-hybridized carbons (Fsp3) is 0.226. The molecule has 4 nitrogen and oxygen atoms in total. The van der Waals surface area contributed by atoms with Gasteiger partial charge in [-0.3, -0.25) is 0 Å². The molecule has 0 aromatic heterocycles. The van der Waals surface area contributed by atoms with Crippen LogP contribution in [0, 0.1) is 0 Å². The molecule has 0 spiro atoms. The first-order valence-electron chi connectivity index (χ1n) is 12.0. The summed E-state index contributed by atoms with van der Waals surface area (Å²) in [5, 5.41) is 3.13. The quantitative estimate of drug-likeness (QED) is 0.285. The van der Waals surface area contributed by atoms with Crippen molar-refractivity contribution in [1.29, 1.82) is 0 Å². The van der Waals surface area contributed by atoms with Crippen LogP contribution in [0.5, 0.6) is 23.0 Å². The summed E-state index contributed by atoms with van der Waals surface area (Å²) in [5.41, 5.74) is 11.5. The van der Waals surface area contributed by atoms with Crippen LogP contribution in [0.2, 0.25) is 0 Å². The van der Waals surface area contributed by atoms with Gasteiger partial charge in [0.05, 0.1) is 0 Å². The average molecular weight is 465 g/mol. The molecule has 0 radical (unpaired) electrons. The summed E-state index contributed by atoms with van der Waals surface area (Å²) in [6.45, 7) is 6.98. The van der Waals surface area contributed by atoms with Gasteiger partial charge in [-0.1, -0.05) is 39.0 Å². The summed E-state index contributed by atoms with van der Waals surface area (Å²) in [4.78, 5) is 0. The zero-order valence-electron chi connectivity index (χ0n) is 20.8. The highest BCUT2D eigenvalue weighted by atomic mass is 16.5. The lowest BCUT2D eigenvalue weighted by molar-refractivity contribution is 0.423. The molecule has 3 N–H and O–H groups in total. The first-order chi connectivity index (χ1) is 16.8. The first kappa shape index (κ1) is 22.9. The van der Waals surface area contributed by atoms with E-state index in [9.17, 15) is 0 Å². The summed E-state index contributed by atoms with van der Waals surface area (Å²) in [6.07, 6.45) is 1.02. The minimum absolute atomic E-state index is 0.0635. The molecule has 1 atom stereocenters. The third kappa shape index (κ3) is 4.44. The highest BCUT2D eigenvalue weighted by molar-refractivity contribution is 5.55. The van der Waals surface area contributed by atoms with Crippen molar-refractivity contribution in [2.24, 2.45) is 0 Å². The van der Waals surface area contributed by atoms with Gasteiger partial charge >= 0.3 is 0 Å². The number of nitrogen functional groups attached to an aromatic ring is 1. The van der Waals surface area contributed by atoms with Crippen LogP contribution < -0.4 is 20.5 Å². The number of fused-ring (bicyclic) bond motifs is 1. The molecule has 35 heavy (non-hydrogen) atoms. The largest absolute Gasteiger partial charge is 0.457 e. The van der Waals surface area contributed by atoms with Crippen LogP contribution in [0.4, 0.5) is 11.4 Å². The monoisotopic (exact) mass is 464 g/mol. The third-order valence-corrected chi connectivity index (χ3v) is 7.10. The predicted octanol–water partition coefficient (Wildman–Crippen LogP) is 7.88. The van der Waals surface area contributed by atoms with E-state index >= 15 is 0 Å². The number of nitrogens with one attached hydrogen (secondary N) is 1. The summed E-state index contributed by atoms with van der Waals surface area (Å²) < 4.78 is 12.3. The van der Waals surface area contributed by atoms with Gasteiger partial charge < -0.3 is 20.5 Å². The lowest BCUT2D eigenvalue weighted by Gasteiger charge is -2.28. The van der Waals surface area contributed by atoms with E-state index < -0.39 is 0 Å².